The van der Waals surface area contributed by atoms with E-state index >= 15 is 0 Å². The summed E-state index contributed by atoms with van der Waals surface area (Å²) in [5, 5.41) is 3.89. The van der Waals surface area contributed by atoms with Crippen molar-refractivity contribution in [2.45, 2.75) is 18.9 Å². The minimum atomic E-state index is 0.317. The second-order valence-corrected chi connectivity index (χ2v) is 2.72. The molecule has 52 valence electrons. The highest BCUT2D eigenvalue weighted by molar-refractivity contribution is 7.80. The highest BCUT2D eigenvalue weighted by Gasteiger charge is 2.18. The van der Waals surface area contributed by atoms with E-state index in [9.17, 15) is 0 Å². The Balaban J connectivity index is 2.32. The van der Waals surface area contributed by atoms with Gasteiger partial charge in [-0.15, -0.1) is 0 Å². The molecule has 2 nitrogen and oxygen atoms in total. The van der Waals surface area contributed by atoms with Crippen LogP contribution in [0.4, 0.5) is 0 Å². The van der Waals surface area contributed by atoms with Gasteiger partial charge >= 0.3 is 0 Å². The molecule has 4 heteroatoms. The van der Waals surface area contributed by atoms with E-state index in [1.165, 1.54) is 6.42 Å². The summed E-state index contributed by atoms with van der Waals surface area (Å²) in [7, 11) is 2.17. The summed E-state index contributed by atoms with van der Waals surface area (Å²) in [5.41, 5.74) is 0. The van der Waals surface area contributed by atoms with E-state index in [2.05, 4.69) is 14.8 Å². The predicted molar refractivity (Wildman–Crippen MR) is 44.4 cm³/mol. The lowest BCUT2D eigenvalue weighted by Crippen LogP contribution is -2.29. The van der Waals surface area contributed by atoms with Crippen LogP contribution >= 0.6 is 21.7 Å². The van der Waals surface area contributed by atoms with Crippen molar-refractivity contribution in [3.8, 4) is 0 Å². The number of nitrogens with one attached hydrogen (secondary N) is 1. The van der Waals surface area contributed by atoms with Crippen LogP contribution in [-0.2, 0) is 4.52 Å². The van der Waals surface area contributed by atoms with Crippen molar-refractivity contribution in [3.05, 3.63) is 0 Å². The van der Waals surface area contributed by atoms with E-state index in [1.54, 1.807) is 0 Å². The Bertz CT molecular complexity index is 114. The first-order valence-electron chi connectivity index (χ1n) is 2.98. The fourth-order valence-corrected chi connectivity index (χ4v) is 1.33. The van der Waals surface area contributed by atoms with E-state index in [0.29, 0.717) is 11.1 Å². The summed E-state index contributed by atoms with van der Waals surface area (Å²) >= 11 is 4.91. The molecule has 0 amide bonds. The van der Waals surface area contributed by atoms with Gasteiger partial charge < -0.3 is 9.84 Å². The molecule has 1 fully saturated rings. The second-order valence-electron chi connectivity index (χ2n) is 2.09. The molecular weight excluding hydrogens is 153 g/mol. The van der Waals surface area contributed by atoms with E-state index < -0.39 is 0 Å². The molecule has 9 heavy (non-hydrogen) atoms. The Labute approximate surface area is 62.6 Å². The molecule has 1 N–H and O–H groups in total. The minimum absolute atomic E-state index is 0.317. The van der Waals surface area contributed by atoms with Gasteiger partial charge in [-0.05, 0) is 31.6 Å². The van der Waals surface area contributed by atoms with Crippen molar-refractivity contribution < 1.29 is 4.52 Å². The van der Waals surface area contributed by atoms with Crippen molar-refractivity contribution in [2.75, 3.05) is 6.54 Å². The van der Waals surface area contributed by atoms with Crippen molar-refractivity contribution in [1.82, 2.24) is 5.32 Å². The van der Waals surface area contributed by atoms with Crippen LogP contribution in [0.15, 0.2) is 0 Å². The van der Waals surface area contributed by atoms with Gasteiger partial charge in [-0.2, -0.15) is 0 Å². The number of rotatable bonds is 1. The fourth-order valence-electron chi connectivity index (χ4n) is 0.968. The van der Waals surface area contributed by atoms with Gasteiger partial charge in [0.1, 0.15) is 0 Å². The van der Waals surface area contributed by atoms with Gasteiger partial charge in [0.15, 0.2) is 5.05 Å². The molecule has 1 heterocycles. The van der Waals surface area contributed by atoms with Gasteiger partial charge in [0, 0.05) is 0 Å². The lowest BCUT2D eigenvalue weighted by molar-refractivity contribution is 0.588. The van der Waals surface area contributed by atoms with Crippen molar-refractivity contribution >= 4 is 26.7 Å². The Morgan fingerprint density at radius 1 is 1.78 bits per heavy atom. The molecule has 0 saturated carbocycles. The normalized spacial score (nSPS) is 26.1. The topological polar surface area (TPSA) is 21.3 Å². The van der Waals surface area contributed by atoms with E-state index in [0.717, 1.165) is 13.0 Å². The van der Waals surface area contributed by atoms with Gasteiger partial charge in [0.05, 0.1) is 15.5 Å². The molecule has 1 aliphatic rings. The lowest BCUT2D eigenvalue weighted by Gasteiger charge is -2.08. The van der Waals surface area contributed by atoms with Crippen LogP contribution in [-0.4, -0.2) is 17.6 Å². The van der Waals surface area contributed by atoms with Gasteiger partial charge in [-0.25, -0.2) is 0 Å². The monoisotopic (exact) mass is 163 g/mol. The first-order valence-corrected chi connectivity index (χ1v) is 3.86. The van der Waals surface area contributed by atoms with Crippen LogP contribution in [0.1, 0.15) is 12.8 Å². The number of hydrogen-bond acceptors (Lipinski definition) is 3. The first kappa shape index (κ1) is 7.39. The Hall–Kier alpha value is 0.280. The molecule has 0 aliphatic carbocycles. The molecule has 1 unspecified atom stereocenters. The third-order valence-corrected chi connectivity index (χ3v) is 2.27. The summed E-state index contributed by atoms with van der Waals surface area (Å²) in [4.78, 5) is 0. The number of thiocarbonyl (C=S) groups is 1. The average Bonchev–Trinajstić information content (AvgIpc) is 2.37. The minimum Gasteiger partial charge on any atom is -0.472 e. The Morgan fingerprint density at radius 2 is 2.56 bits per heavy atom. The largest absolute Gasteiger partial charge is 0.472 e. The first-order chi connectivity index (χ1) is 4.34. The molecule has 0 spiro atoms. The summed E-state index contributed by atoms with van der Waals surface area (Å²) in [6.45, 7) is 1.07. The smallest absolute Gasteiger partial charge is 0.179 e. The van der Waals surface area contributed by atoms with Gasteiger partial charge in [-0.3, -0.25) is 0 Å². The zero-order valence-corrected chi connectivity index (χ0v) is 7.06. The van der Waals surface area contributed by atoms with Crippen LogP contribution in [0, 0.1) is 0 Å². The van der Waals surface area contributed by atoms with Gasteiger partial charge in [0.2, 0.25) is 0 Å². The van der Waals surface area contributed by atoms with E-state index in [-0.39, 0.29) is 0 Å². The molecule has 0 radical (unpaired) electrons. The van der Waals surface area contributed by atoms with Crippen LogP contribution < -0.4 is 5.32 Å². The molecular formula is C5H10NOPS. The molecule has 0 aromatic heterocycles. The summed E-state index contributed by atoms with van der Waals surface area (Å²) in [6.07, 6.45) is 2.33. The highest BCUT2D eigenvalue weighted by Crippen LogP contribution is 2.09. The Morgan fingerprint density at radius 3 is 3.00 bits per heavy atom. The number of hydrogen-bond donors (Lipinski definition) is 1. The maximum atomic E-state index is 4.91. The van der Waals surface area contributed by atoms with Crippen molar-refractivity contribution in [2.24, 2.45) is 0 Å². The highest BCUT2D eigenvalue weighted by atomic mass is 32.1. The maximum absolute atomic E-state index is 4.91. The summed E-state index contributed by atoms with van der Waals surface area (Å²) in [5.74, 6) is 0. The van der Waals surface area contributed by atoms with E-state index in [4.69, 9.17) is 16.7 Å². The lowest BCUT2D eigenvalue weighted by atomic mass is 10.2. The maximum Gasteiger partial charge on any atom is 0.179 e. The van der Waals surface area contributed by atoms with Crippen LogP contribution in [0.25, 0.3) is 0 Å². The third kappa shape index (κ3) is 1.85. The summed E-state index contributed by atoms with van der Waals surface area (Å²) < 4.78 is 4.82. The van der Waals surface area contributed by atoms with Crippen LogP contribution in [0.2, 0.25) is 0 Å². The molecule has 2 atom stereocenters. The molecule has 1 aliphatic heterocycles. The average molecular weight is 163 g/mol. The quantitative estimate of drug-likeness (QED) is 0.458. The Kier molecular flexibility index (Phi) is 2.83. The zero-order chi connectivity index (χ0) is 6.69. The van der Waals surface area contributed by atoms with Crippen molar-refractivity contribution in [1.29, 1.82) is 0 Å². The summed E-state index contributed by atoms with van der Waals surface area (Å²) in [6, 6.07) is 0.317. The standard InChI is InChI=1S/C5H10NOPS/c8-7-5(9)4-2-1-3-6-4/h4,6H,1-3,8H2/t4-/m0/s1. The van der Waals surface area contributed by atoms with E-state index in [1.807, 2.05) is 0 Å². The predicted octanol–water partition coefficient (Wildman–Crippen LogP) is 0.873. The second kappa shape index (κ2) is 3.45. The molecule has 1 saturated heterocycles. The molecule has 0 aromatic carbocycles. The van der Waals surface area contributed by atoms with Gasteiger partial charge in [0.25, 0.3) is 0 Å². The zero-order valence-electron chi connectivity index (χ0n) is 5.09. The molecule has 1 rings (SSSR count). The van der Waals surface area contributed by atoms with Crippen LogP contribution in [0.5, 0.6) is 0 Å². The SMILES string of the molecule is POC(=S)[C@@H]1CCCN1. The van der Waals surface area contributed by atoms with Crippen LogP contribution in [0.3, 0.4) is 0 Å². The molecule has 0 bridgehead atoms. The third-order valence-electron chi connectivity index (χ3n) is 1.46. The molecule has 0 aromatic rings. The van der Waals surface area contributed by atoms with Gasteiger partial charge in [-0.1, -0.05) is 0 Å². The van der Waals surface area contributed by atoms with Crippen molar-refractivity contribution in [3.63, 3.8) is 0 Å². The fraction of sp³-hybridized carbons (Fsp3) is 0.800.